The monoisotopic (exact) mass is 227 g/mol. The van der Waals surface area contributed by atoms with Crippen LogP contribution >= 0.6 is 0 Å². The van der Waals surface area contributed by atoms with Crippen molar-refractivity contribution in [3.8, 4) is 0 Å². The van der Waals surface area contributed by atoms with Gasteiger partial charge in [0.25, 0.3) is 0 Å². The van der Waals surface area contributed by atoms with Gasteiger partial charge in [0.05, 0.1) is 6.61 Å². The Hall–Kier alpha value is -1.36. The van der Waals surface area contributed by atoms with Gasteiger partial charge in [-0.2, -0.15) is 0 Å². The second kappa shape index (κ2) is 6.27. The molecule has 1 atom stereocenters. The number of hydrogen-bond donors (Lipinski definition) is 0. The summed E-state index contributed by atoms with van der Waals surface area (Å²) in [6.07, 6.45) is 2.34. The van der Waals surface area contributed by atoms with Gasteiger partial charge in [0.2, 0.25) is 5.91 Å². The molecule has 1 fully saturated rings. The molecule has 1 unspecified atom stereocenters. The maximum Gasteiger partial charge on any atom is 0.330 e. The van der Waals surface area contributed by atoms with Crippen LogP contribution in [-0.4, -0.2) is 42.8 Å². The third-order valence-electron chi connectivity index (χ3n) is 2.40. The van der Waals surface area contributed by atoms with E-state index < -0.39 is 5.97 Å². The summed E-state index contributed by atoms with van der Waals surface area (Å²) < 4.78 is 10.1. The van der Waals surface area contributed by atoms with Gasteiger partial charge in [0.1, 0.15) is 12.8 Å². The van der Waals surface area contributed by atoms with E-state index in [0.717, 1.165) is 19.0 Å². The second-order valence-corrected chi connectivity index (χ2v) is 3.53. The number of carbonyl (C=O) groups excluding carboxylic acids is 2. The van der Waals surface area contributed by atoms with E-state index in [9.17, 15) is 9.59 Å². The first-order valence-corrected chi connectivity index (χ1v) is 5.35. The smallest absolute Gasteiger partial charge is 0.330 e. The Morgan fingerprint density at radius 2 is 2.38 bits per heavy atom. The number of ether oxygens (including phenoxy) is 2. The van der Waals surface area contributed by atoms with Crippen molar-refractivity contribution in [3.63, 3.8) is 0 Å². The van der Waals surface area contributed by atoms with Crippen LogP contribution < -0.4 is 0 Å². The number of amides is 1. The van der Waals surface area contributed by atoms with E-state index in [-0.39, 0.29) is 25.3 Å². The summed E-state index contributed by atoms with van der Waals surface area (Å²) >= 11 is 0. The lowest BCUT2D eigenvalue weighted by Crippen LogP contribution is -2.36. The van der Waals surface area contributed by atoms with Crippen molar-refractivity contribution in [2.24, 2.45) is 0 Å². The molecule has 90 valence electrons. The Morgan fingerprint density at radius 1 is 1.62 bits per heavy atom. The summed E-state index contributed by atoms with van der Waals surface area (Å²) in [7, 11) is 0. The molecule has 5 heteroatoms. The topological polar surface area (TPSA) is 55.8 Å². The molecule has 1 amide bonds. The molecule has 0 aliphatic carbocycles. The van der Waals surface area contributed by atoms with Gasteiger partial charge in [-0.05, 0) is 13.3 Å². The average Bonchev–Trinajstić information content (AvgIpc) is 2.70. The van der Waals surface area contributed by atoms with Crippen LogP contribution in [0.3, 0.4) is 0 Å². The Labute approximate surface area is 95.0 Å². The largest absolute Gasteiger partial charge is 0.460 e. The van der Waals surface area contributed by atoms with E-state index in [2.05, 4.69) is 6.58 Å². The number of hydrogen-bond acceptors (Lipinski definition) is 4. The number of nitrogens with zero attached hydrogens (tertiary/aromatic N) is 1. The van der Waals surface area contributed by atoms with E-state index in [4.69, 9.17) is 9.47 Å². The molecule has 1 aliphatic heterocycles. The third-order valence-corrected chi connectivity index (χ3v) is 2.40. The molecule has 1 rings (SSSR count). The fraction of sp³-hybridized carbons (Fsp3) is 0.636. The quantitative estimate of drug-likeness (QED) is 0.381. The second-order valence-electron chi connectivity index (χ2n) is 3.53. The van der Waals surface area contributed by atoms with E-state index in [1.54, 1.807) is 4.90 Å². The first-order valence-electron chi connectivity index (χ1n) is 5.35. The Kier molecular flexibility index (Phi) is 4.98. The predicted octanol–water partition coefficient (Wildman–Crippen LogP) is 0.701. The Balaban J connectivity index is 2.15. The lowest BCUT2D eigenvalue weighted by atomic mass is 10.4. The van der Waals surface area contributed by atoms with Gasteiger partial charge in [-0.25, -0.2) is 4.79 Å². The molecular formula is C11H17NO4. The highest BCUT2D eigenvalue weighted by Crippen LogP contribution is 2.13. The number of esters is 1. The minimum atomic E-state index is -0.464. The van der Waals surface area contributed by atoms with Gasteiger partial charge in [-0.15, -0.1) is 0 Å². The lowest BCUT2D eigenvalue weighted by Gasteiger charge is -2.24. The fourth-order valence-corrected chi connectivity index (χ4v) is 1.56. The molecule has 1 aliphatic rings. The van der Waals surface area contributed by atoms with Crippen LogP contribution in [0.1, 0.15) is 19.8 Å². The average molecular weight is 227 g/mol. The highest BCUT2D eigenvalue weighted by Gasteiger charge is 2.25. The Morgan fingerprint density at radius 3 is 2.94 bits per heavy atom. The van der Waals surface area contributed by atoms with Gasteiger partial charge in [0.15, 0.2) is 0 Å². The summed E-state index contributed by atoms with van der Waals surface area (Å²) in [5, 5.41) is 0. The Bertz CT molecular complexity index is 277. The summed E-state index contributed by atoms with van der Waals surface area (Å²) in [6, 6.07) is 0. The zero-order valence-corrected chi connectivity index (χ0v) is 9.48. The molecule has 1 heterocycles. The molecule has 5 nitrogen and oxygen atoms in total. The normalized spacial score (nSPS) is 17.3. The minimum absolute atomic E-state index is 0.121. The zero-order chi connectivity index (χ0) is 12.0. The third kappa shape index (κ3) is 3.66. The van der Waals surface area contributed by atoms with Gasteiger partial charge >= 0.3 is 5.97 Å². The highest BCUT2D eigenvalue weighted by atomic mass is 16.6. The molecule has 0 N–H and O–H groups in total. The van der Waals surface area contributed by atoms with Crippen molar-refractivity contribution >= 4 is 11.9 Å². The van der Waals surface area contributed by atoms with Crippen LogP contribution in [0.5, 0.6) is 0 Å². The van der Waals surface area contributed by atoms with Crippen molar-refractivity contribution in [2.75, 3.05) is 19.8 Å². The van der Waals surface area contributed by atoms with Crippen molar-refractivity contribution in [2.45, 2.75) is 26.0 Å². The molecule has 0 spiro atoms. The van der Waals surface area contributed by atoms with E-state index in [0.29, 0.717) is 6.42 Å². The molecule has 0 aromatic heterocycles. The van der Waals surface area contributed by atoms with Crippen LogP contribution in [-0.2, 0) is 19.1 Å². The van der Waals surface area contributed by atoms with E-state index in [1.165, 1.54) is 0 Å². The molecular weight excluding hydrogens is 210 g/mol. The molecule has 0 radical (unpaired) electrons. The van der Waals surface area contributed by atoms with Gasteiger partial charge in [0, 0.05) is 19.0 Å². The van der Waals surface area contributed by atoms with Crippen LogP contribution in [0, 0.1) is 0 Å². The maximum absolute atomic E-state index is 11.4. The predicted molar refractivity (Wildman–Crippen MR) is 57.5 cm³/mol. The van der Waals surface area contributed by atoms with Crippen molar-refractivity contribution in [3.05, 3.63) is 12.7 Å². The SMILES string of the molecule is C=CC(=O)OCCOC(C)N1CCCC1=O. The number of carbonyl (C=O) groups is 2. The lowest BCUT2D eigenvalue weighted by molar-refractivity contribution is -0.147. The molecule has 0 aromatic carbocycles. The van der Waals surface area contributed by atoms with Crippen LogP contribution in [0.25, 0.3) is 0 Å². The van der Waals surface area contributed by atoms with Crippen molar-refractivity contribution in [1.82, 2.24) is 4.90 Å². The summed E-state index contributed by atoms with van der Waals surface area (Å²) in [5.41, 5.74) is 0. The van der Waals surface area contributed by atoms with Crippen LogP contribution in [0.2, 0.25) is 0 Å². The molecule has 1 saturated heterocycles. The van der Waals surface area contributed by atoms with E-state index >= 15 is 0 Å². The van der Waals surface area contributed by atoms with Gasteiger partial charge < -0.3 is 14.4 Å². The molecule has 0 bridgehead atoms. The summed E-state index contributed by atoms with van der Waals surface area (Å²) in [5.74, 6) is -0.343. The molecule has 0 aromatic rings. The summed E-state index contributed by atoms with van der Waals surface area (Å²) in [6.45, 7) is 6.30. The first kappa shape index (κ1) is 12.7. The van der Waals surface area contributed by atoms with E-state index in [1.807, 2.05) is 6.92 Å². The van der Waals surface area contributed by atoms with Crippen LogP contribution in [0.4, 0.5) is 0 Å². The highest BCUT2D eigenvalue weighted by molar-refractivity contribution is 5.81. The first-order chi connectivity index (χ1) is 7.65. The number of likely N-dealkylation sites (tertiary alicyclic amines) is 1. The van der Waals surface area contributed by atoms with Gasteiger partial charge in [-0.3, -0.25) is 4.79 Å². The van der Waals surface area contributed by atoms with Gasteiger partial charge in [-0.1, -0.05) is 6.58 Å². The van der Waals surface area contributed by atoms with Crippen molar-refractivity contribution < 1.29 is 19.1 Å². The molecule has 0 saturated carbocycles. The maximum atomic E-state index is 11.4. The number of rotatable bonds is 6. The molecule has 16 heavy (non-hydrogen) atoms. The van der Waals surface area contributed by atoms with Crippen molar-refractivity contribution in [1.29, 1.82) is 0 Å². The minimum Gasteiger partial charge on any atom is -0.460 e. The van der Waals surface area contributed by atoms with Crippen LogP contribution in [0.15, 0.2) is 12.7 Å². The zero-order valence-electron chi connectivity index (χ0n) is 9.48. The summed E-state index contributed by atoms with van der Waals surface area (Å²) in [4.78, 5) is 23.7. The standard InChI is InChI=1S/C11H17NO4/c1-3-11(14)16-8-7-15-9(2)12-6-4-5-10(12)13/h3,9H,1,4-8H2,2H3. The fourth-order valence-electron chi connectivity index (χ4n) is 1.56.